The van der Waals surface area contributed by atoms with Gasteiger partial charge in [-0.05, 0) is 61.6 Å². The maximum atomic E-state index is 13.0. The molecule has 2 aromatic carbocycles. The number of aryl methyl sites for hydroxylation is 2. The van der Waals surface area contributed by atoms with Crippen LogP contribution in [-0.4, -0.2) is 43.7 Å². The molecule has 0 unspecified atom stereocenters. The van der Waals surface area contributed by atoms with Crippen molar-refractivity contribution in [3.8, 4) is 0 Å². The zero-order valence-electron chi connectivity index (χ0n) is 17.1. The van der Waals surface area contributed by atoms with Crippen molar-refractivity contribution in [2.75, 3.05) is 20.1 Å². The van der Waals surface area contributed by atoms with Gasteiger partial charge in [-0.1, -0.05) is 35.9 Å². The number of sulfonamides is 1. The Bertz CT molecular complexity index is 999. The molecule has 0 aliphatic carbocycles. The zero-order valence-corrected chi connectivity index (χ0v) is 18.6. The van der Waals surface area contributed by atoms with E-state index in [-0.39, 0.29) is 11.8 Å². The third kappa shape index (κ3) is 4.82. The van der Waals surface area contributed by atoms with E-state index in [1.165, 1.54) is 4.31 Å². The van der Waals surface area contributed by atoms with Crippen molar-refractivity contribution in [1.82, 2.24) is 9.21 Å². The van der Waals surface area contributed by atoms with Gasteiger partial charge in [-0.2, -0.15) is 4.31 Å². The number of piperidine rings is 1. The van der Waals surface area contributed by atoms with Gasteiger partial charge in [-0.3, -0.25) is 4.79 Å². The quantitative estimate of drug-likeness (QED) is 0.714. The largest absolute Gasteiger partial charge is 0.341 e. The van der Waals surface area contributed by atoms with Gasteiger partial charge in [0.25, 0.3) is 0 Å². The molecule has 1 aliphatic heterocycles. The number of halogens is 1. The van der Waals surface area contributed by atoms with Crippen LogP contribution in [0.3, 0.4) is 0 Å². The second-order valence-electron chi connectivity index (χ2n) is 7.71. The van der Waals surface area contributed by atoms with Crippen molar-refractivity contribution < 1.29 is 13.2 Å². The van der Waals surface area contributed by atoms with Crippen molar-refractivity contribution in [3.05, 3.63) is 64.2 Å². The number of hydrogen-bond donors (Lipinski definition) is 0. The minimum Gasteiger partial charge on any atom is -0.341 e. The third-order valence-electron chi connectivity index (χ3n) is 5.66. The van der Waals surface area contributed by atoms with Gasteiger partial charge < -0.3 is 4.90 Å². The Hall–Kier alpha value is -1.89. The summed E-state index contributed by atoms with van der Waals surface area (Å²) in [6.07, 6.45) is 1.05. The van der Waals surface area contributed by atoms with Crippen molar-refractivity contribution in [1.29, 1.82) is 0 Å². The van der Waals surface area contributed by atoms with E-state index in [0.29, 0.717) is 42.4 Å². The number of carbonyl (C=O) groups is 1. The molecule has 5 nitrogen and oxygen atoms in total. The first-order valence-electron chi connectivity index (χ1n) is 9.76. The summed E-state index contributed by atoms with van der Waals surface area (Å²) in [4.78, 5) is 14.8. The zero-order chi connectivity index (χ0) is 21.2. The topological polar surface area (TPSA) is 57.7 Å². The lowest BCUT2D eigenvalue weighted by Crippen LogP contribution is -2.43. The minimum absolute atomic E-state index is 0.0353. The lowest BCUT2D eigenvalue weighted by atomic mass is 9.96. The van der Waals surface area contributed by atoms with Crippen LogP contribution in [0.5, 0.6) is 0 Å². The fourth-order valence-corrected chi connectivity index (χ4v) is 5.39. The van der Waals surface area contributed by atoms with Crippen LogP contribution in [0.1, 0.15) is 29.5 Å². The molecule has 7 heteroatoms. The van der Waals surface area contributed by atoms with Gasteiger partial charge in [0, 0.05) is 37.6 Å². The second-order valence-corrected chi connectivity index (χ2v) is 10.1. The standard InChI is InChI=1S/C22H27ClN2O3S/c1-16-8-9-20(14-17(16)2)29(27,28)25-12-10-18(11-13-25)22(26)24(3)15-19-6-4-5-7-21(19)23/h4-9,14,18H,10-13,15H2,1-3H3. The van der Waals surface area contributed by atoms with E-state index in [2.05, 4.69) is 0 Å². The summed E-state index contributed by atoms with van der Waals surface area (Å²) < 4.78 is 27.4. The Kier molecular flexibility index (Phi) is 6.66. The summed E-state index contributed by atoms with van der Waals surface area (Å²) in [5.41, 5.74) is 2.92. The molecule has 0 saturated carbocycles. The van der Waals surface area contributed by atoms with Crippen LogP contribution in [0.25, 0.3) is 0 Å². The summed E-state index contributed by atoms with van der Waals surface area (Å²) in [5.74, 6) is -0.137. The normalized spacial score (nSPS) is 16.0. The van der Waals surface area contributed by atoms with E-state index < -0.39 is 10.0 Å². The predicted molar refractivity (Wildman–Crippen MR) is 115 cm³/mol. The third-order valence-corrected chi connectivity index (χ3v) is 7.92. The average molecular weight is 435 g/mol. The van der Waals surface area contributed by atoms with Crippen LogP contribution < -0.4 is 0 Å². The summed E-state index contributed by atoms with van der Waals surface area (Å²) >= 11 is 6.20. The highest BCUT2D eigenvalue weighted by Gasteiger charge is 2.33. The number of amides is 1. The van der Waals surface area contributed by atoms with E-state index >= 15 is 0 Å². The lowest BCUT2D eigenvalue weighted by Gasteiger charge is -2.32. The smallest absolute Gasteiger partial charge is 0.243 e. The Labute approximate surface area is 178 Å². The SMILES string of the molecule is Cc1ccc(S(=O)(=O)N2CCC(C(=O)N(C)Cc3ccccc3Cl)CC2)cc1C. The molecular formula is C22H27ClN2O3S. The highest BCUT2D eigenvalue weighted by Crippen LogP contribution is 2.27. The molecule has 0 aromatic heterocycles. The van der Waals surface area contributed by atoms with Gasteiger partial charge in [0.2, 0.25) is 15.9 Å². The van der Waals surface area contributed by atoms with Crippen LogP contribution in [0.15, 0.2) is 47.4 Å². The van der Waals surface area contributed by atoms with Crippen LogP contribution in [0, 0.1) is 19.8 Å². The minimum atomic E-state index is -3.53. The molecule has 1 aliphatic rings. The Morgan fingerprint density at radius 1 is 1.10 bits per heavy atom. The van der Waals surface area contributed by atoms with Gasteiger partial charge in [0.1, 0.15) is 0 Å². The Balaban J connectivity index is 1.62. The monoisotopic (exact) mass is 434 g/mol. The summed E-state index contributed by atoms with van der Waals surface area (Å²) in [6, 6.07) is 12.7. The van der Waals surface area contributed by atoms with Crippen molar-refractivity contribution >= 4 is 27.5 Å². The van der Waals surface area contributed by atoms with E-state index in [1.807, 2.05) is 44.2 Å². The maximum Gasteiger partial charge on any atom is 0.243 e. The molecule has 0 spiro atoms. The molecule has 0 bridgehead atoms. The Morgan fingerprint density at radius 2 is 1.76 bits per heavy atom. The van der Waals surface area contributed by atoms with Crippen molar-refractivity contribution in [3.63, 3.8) is 0 Å². The summed E-state index contributed by atoms with van der Waals surface area (Å²) in [5, 5.41) is 0.640. The van der Waals surface area contributed by atoms with Gasteiger partial charge in [0.05, 0.1) is 4.90 Å². The van der Waals surface area contributed by atoms with Crippen LogP contribution >= 0.6 is 11.6 Å². The van der Waals surface area contributed by atoms with E-state index in [9.17, 15) is 13.2 Å². The number of carbonyl (C=O) groups excluding carboxylic acids is 1. The first-order valence-corrected chi connectivity index (χ1v) is 11.6. The lowest BCUT2D eigenvalue weighted by molar-refractivity contribution is -0.135. The molecule has 156 valence electrons. The Morgan fingerprint density at radius 3 is 2.38 bits per heavy atom. The predicted octanol–water partition coefficient (Wildman–Crippen LogP) is 4.02. The fourth-order valence-electron chi connectivity index (χ4n) is 3.64. The molecule has 3 rings (SSSR count). The molecule has 0 atom stereocenters. The molecule has 1 saturated heterocycles. The molecule has 1 fully saturated rings. The second kappa shape index (κ2) is 8.86. The van der Waals surface area contributed by atoms with Crippen LogP contribution in [0.4, 0.5) is 0 Å². The average Bonchev–Trinajstić information content (AvgIpc) is 2.71. The van der Waals surface area contributed by atoms with Gasteiger partial charge in [-0.25, -0.2) is 8.42 Å². The fraction of sp³-hybridized carbons (Fsp3) is 0.409. The molecule has 0 N–H and O–H groups in total. The molecular weight excluding hydrogens is 408 g/mol. The first-order chi connectivity index (χ1) is 13.7. The van der Waals surface area contributed by atoms with Crippen LogP contribution in [-0.2, 0) is 21.4 Å². The van der Waals surface area contributed by atoms with E-state index in [0.717, 1.165) is 16.7 Å². The van der Waals surface area contributed by atoms with Gasteiger partial charge >= 0.3 is 0 Å². The van der Waals surface area contributed by atoms with Crippen LogP contribution in [0.2, 0.25) is 5.02 Å². The van der Waals surface area contributed by atoms with E-state index in [1.54, 1.807) is 24.1 Å². The summed E-state index contributed by atoms with van der Waals surface area (Å²) in [7, 11) is -1.77. The van der Waals surface area contributed by atoms with Gasteiger partial charge in [0.15, 0.2) is 0 Å². The highest BCUT2D eigenvalue weighted by atomic mass is 35.5. The van der Waals surface area contributed by atoms with Gasteiger partial charge in [-0.15, -0.1) is 0 Å². The molecule has 1 heterocycles. The van der Waals surface area contributed by atoms with Crippen molar-refractivity contribution in [2.45, 2.75) is 38.1 Å². The molecule has 0 radical (unpaired) electrons. The van der Waals surface area contributed by atoms with Crippen molar-refractivity contribution in [2.24, 2.45) is 5.92 Å². The molecule has 2 aromatic rings. The number of hydrogen-bond acceptors (Lipinski definition) is 3. The number of benzene rings is 2. The number of rotatable bonds is 5. The summed E-state index contributed by atoms with van der Waals surface area (Å²) in [6.45, 7) is 5.02. The highest BCUT2D eigenvalue weighted by molar-refractivity contribution is 7.89. The van der Waals surface area contributed by atoms with E-state index in [4.69, 9.17) is 11.6 Å². The number of nitrogens with zero attached hydrogens (tertiary/aromatic N) is 2. The maximum absolute atomic E-state index is 13.0. The first kappa shape index (κ1) is 21.8. The molecule has 29 heavy (non-hydrogen) atoms. The molecule has 1 amide bonds.